The first kappa shape index (κ1) is 18.2. The van der Waals surface area contributed by atoms with Gasteiger partial charge in [0.25, 0.3) is 5.91 Å². The van der Waals surface area contributed by atoms with Crippen molar-refractivity contribution in [1.82, 2.24) is 10.3 Å². The molecule has 1 aromatic heterocycles. The van der Waals surface area contributed by atoms with Crippen LogP contribution in [0, 0.1) is 6.92 Å². The van der Waals surface area contributed by atoms with Crippen LogP contribution >= 0.6 is 23.2 Å². The molecular weight excluding hydrogens is 369 g/mol. The van der Waals surface area contributed by atoms with Crippen LogP contribution in [0.5, 0.6) is 0 Å². The van der Waals surface area contributed by atoms with Gasteiger partial charge in [-0.1, -0.05) is 47.5 Å². The number of rotatable bonds is 5. The van der Waals surface area contributed by atoms with E-state index in [1.165, 1.54) is 6.20 Å². The summed E-state index contributed by atoms with van der Waals surface area (Å²) in [5.41, 5.74) is 3.83. The molecule has 0 saturated carbocycles. The Balaban J connectivity index is 1.71. The molecule has 0 radical (unpaired) electrons. The lowest BCUT2D eigenvalue weighted by atomic mass is 10.2. The number of nitrogens with zero attached hydrogens (tertiary/aromatic N) is 1. The molecule has 0 bridgehead atoms. The molecule has 0 aliphatic rings. The van der Waals surface area contributed by atoms with Gasteiger partial charge in [-0.05, 0) is 42.3 Å². The lowest BCUT2D eigenvalue weighted by molar-refractivity contribution is 0.0950. The minimum Gasteiger partial charge on any atom is -0.354 e. The molecule has 26 heavy (non-hydrogen) atoms. The van der Waals surface area contributed by atoms with Crippen LogP contribution in [0.2, 0.25) is 10.0 Å². The molecular formula is C20H17Cl2N3O. The van der Waals surface area contributed by atoms with E-state index in [2.05, 4.69) is 15.6 Å². The highest BCUT2D eigenvalue weighted by Crippen LogP contribution is 2.26. The molecule has 2 N–H and O–H groups in total. The van der Waals surface area contributed by atoms with Gasteiger partial charge >= 0.3 is 0 Å². The number of amides is 1. The zero-order valence-corrected chi connectivity index (χ0v) is 15.6. The molecule has 0 aliphatic heterocycles. The van der Waals surface area contributed by atoms with Crippen LogP contribution in [0.4, 0.5) is 11.4 Å². The van der Waals surface area contributed by atoms with Gasteiger partial charge in [-0.2, -0.15) is 0 Å². The smallest absolute Gasteiger partial charge is 0.253 e. The zero-order valence-electron chi connectivity index (χ0n) is 14.1. The van der Waals surface area contributed by atoms with Crippen molar-refractivity contribution in [3.05, 3.63) is 87.7 Å². The first-order chi connectivity index (χ1) is 12.5. The van der Waals surface area contributed by atoms with Crippen molar-refractivity contribution in [3.63, 3.8) is 0 Å². The predicted octanol–water partition coefficient (Wildman–Crippen LogP) is 5.37. The summed E-state index contributed by atoms with van der Waals surface area (Å²) in [5.74, 6) is -0.219. The maximum atomic E-state index is 12.4. The molecule has 2 aromatic carbocycles. The van der Waals surface area contributed by atoms with Crippen LogP contribution < -0.4 is 10.6 Å². The summed E-state index contributed by atoms with van der Waals surface area (Å²) in [5, 5.41) is 7.40. The summed E-state index contributed by atoms with van der Waals surface area (Å²) in [6.45, 7) is 2.28. The molecule has 3 aromatic rings. The van der Waals surface area contributed by atoms with Gasteiger partial charge < -0.3 is 10.6 Å². The number of halogens is 2. The van der Waals surface area contributed by atoms with Gasteiger partial charge in [0, 0.05) is 28.5 Å². The van der Waals surface area contributed by atoms with Crippen LogP contribution in [-0.4, -0.2) is 10.9 Å². The highest BCUT2D eigenvalue weighted by molar-refractivity contribution is 6.31. The Morgan fingerprint density at radius 1 is 1.04 bits per heavy atom. The molecule has 0 atom stereocenters. The van der Waals surface area contributed by atoms with Crippen molar-refractivity contribution >= 4 is 40.5 Å². The van der Waals surface area contributed by atoms with Crippen LogP contribution in [0.3, 0.4) is 0 Å². The average molecular weight is 386 g/mol. The fourth-order valence-corrected chi connectivity index (χ4v) is 2.83. The first-order valence-electron chi connectivity index (χ1n) is 8.03. The van der Waals surface area contributed by atoms with Gasteiger partial charge in [0.1, 0.15) is 0 Å². The molecule has 3 rings (SSSR count). The van der Waals surface area contributed by atoms with Gasteiger partial charge in [0.05, 0.1) is 17.4 Å². The lowest BCUT2D eigenvalue weighted by Gasteiger charge is -2.12. The number of nitrogens with one attached hydrogen (secondary N) is 2. The monoisotopic (exact) mass is 385 g/mol. The number of aromatic nitrogens is 1. The van der Waals surface area contributed by atoms with E-state index in [9.17, 15) is 4.79 Å². The van der Waals surface area contributed by atoms with Crippen molar-refractivity contribution in [3.8, 4) is 0 Å². The fraction of sp³-hybridized carbons (Fsp3) is 0.100. The summed E-state index contributed by atoms with van der Waals surface area (Å²) in [4.78, 5) is 16.6. The topological polar surface area (TPSA) is 54.0 Å². The molecule has 6 heteroatoms. The minimum atomic E-state index is -0.219. The molecule has 0 spiro atoms. The second kappa shape index (κ2) is 8.21. The number of carbonyl (C=O) groups is 1. The van der Waals surface area contributed by atoms with Crippen LogP contribution in [-0.2, 0) is 6.54 Å². The third-order valence-corrected chi connectivity index (χ3v) is 4.72. The highest BCUT2D eigenvalue weighted by atomic mass is 35.5. The van der Waals surface area contributed by atoms with E-state index in [1.807, 2.05) is 43.3 Å². The van der Waals surface area contributed by atoms with E-state index in [0.717, 1.165) is 16.8 Å². The Hall–Kier alpha value is -2.56. The molecule has 0 unspecified atom stereocenters. The third kappa shape index (κ3) is 4.34. The molecule has 132 valence electrons. The first-order valence-corrected chi connectivity index (χ1v) is 8.79. The largest absolute Gasteiger partial charge is 0.354 e. The van der Waals surface area contributed by atoms with E-state index in [1.54, 1.807) is 18.3 Å². The van der Waals surface area contributed by atoms with Crippen molar-refractivity contribution < 1.29 is 4.79 Å². The molecule has 1 heterocycles. The van der Waals surface area contributed by atoms with E-state index < -0.39 is 0 Å². The highest BCUT2D eigenvalue weighted by Gasteiger charge is 2.09. The Bertz CT molecular complexity index is 944. The minimum absolute atomic E-state index is 0.219. The number of hydrogen-bond acceptors (Lipinski definition) is 3. The summed E-state index contributed by atoms with van der Waals surface area (Å²) in [6.07, 6.45) is 3.18. The predicted molar refractivity (Wildman–Crippen MR) is 106 cm³/mol. The van der Waals surface area contributed by atoms with E-state index >= 15 is 0 Å². The van der Waals surface area contributed by atoms with Crippen LogP contribution in [0.15, 0.2) is 60.9 Å². The molecule has 1 amide bonds. The average Bonchev–Trinajstić information content (AvgIpc) is 2.65. The summed E-state index contributed by atoms with van der Waals surface area (Å²) in [7, 11) is 0. The third-order valence-electron chi connectivity index (χ3n) is 3.94. The Morgan fingerprint density at radius 3 is 2.62 bits per heavy atom. The van der Waals surface area contributed by atoms with Crippen molar-refractivity contribution in [2.24, 2.45) is 0 Å². The van der Waals surface area contributed by atoms with Gasteiger partial charge in [0.15, 0.2) is 0 Å². The normalized spacial score (nSPS) is 10.4. The van der Waals surface area contributed by atoms with Crippen LogP contribution in [0.25, 0.3) is 0 Å². The number of benzene rings is 2. The zero-order chi connectivity index (χ0) is 18.5. The van der Waals surface area contributed by atoms with Gasteiger partial charge in [-0.25, -0.2) is 0 Å². The quantitative estimate of drug-likeness (QED) is 0.620. The fourth-order valence-electron chi connectivity index (χ4n) is 2.45. The van der Waals surface area contributed by atoms with Crippen molar-refractivity contribution in [2.75, 3.05) is 5.32 Å². The van der Waals surface area contributed by atoms with Gasteiger partial charge in [-0.3, -0.25) is 9.78 Å². The van der Waals surface area contributed by atoms with Crippen molar-refractivity contribution in [1.29, 1.82) is 0 Å². The summed E-state index contributed by atoms with van der Waals surface area (Å²) < 4.78 is 0. The standard InChI is InChI=1S/C20H17Cl2N3O/c1-13-17(21)7-4-8-19(13)25-16-9-15(10-23-12-16)20(26)24-11-14-5-2-3-6-18(14)22/h2-10,12,25H,11H2,1H3,(H,24,26). The van der Waals surface area contributed by atoms with E-state index in [-0.39, 0.29) is 5.91 Å². The number of anilines is 2. The second-order valence-electron chi connectivity index (χ2n) is 5.77. The van der Waals surface area contributed by atoms with E-state index in [0.29, 0.717) is 27.8 Å². The SMILES string of the molecule is Cc1c(Cl)cccc1Nc1cncc(C(=O)NCc2ccccc2Cl)c1. The molecule has 0 aliphatic carbocycles. The van der Waals surface area contributed by atoms with Gasteiger partial charge in [0.2, 0.25) is 0 Å². The Kier molecular flexibility index (Phi) is 5.76. The van der Waals surface area contributed by atoms with E-state index in [4.69, 9.17) is 23.2 Å². The maximum Gasteiger partial charge on any atom is 0.253 e. The molecule has 0 fully saturated rings. The van der Waals surface area contributed by atoms with Crippen LogP contribution in [0.1, 0.15) is 21.5 Å². The molecule has 0 saturated heterocycles. The maximum absolute atomic E-state index is 12.4. The number of pyridine rings is 1. The van der Waals surface area contributed by atoms with Crippen molar-refractivity contribution in [2.45, 2.75) is 13.5 Å². The number of hydrogen-bond donors (Lipinski definition) is 2. The summed E-state index contributed by atoms with van der Waals surface area (Å²) in [6, 6.07) is 14.8. The molecule has 4 nitrogen and oxygen atoms in total. The number of carbonyl (C=O) groups excluding carboxylic acids is 1. The summed E-state index contributed by atoms with van der Waals surface area (Å²) >= 11 is 12.3. The lowest BCUT2D eigenvalue weighted by Crippen LogP contribution is -2.23. The Morgan fingerprint density at radius 2 is 1.81 bits per heavy atom. The second-order valence-corrected chi connectivity index (χ2v) is 6.59. The Labute approximate surface area is 162 Å². The van der Waals surface area contributed by atoms with Gasteiger partial charge in [-0.15, -0.1) is 0 Å².